The van der Waals surface area contributed by atoms with Gasteiger partial charge in [-0.05, 0) is 18.2 Å². The van der Waals surface area contributed by atoms with Crippen molar-refractivity contribution in [3.05, 3.63) is 64.2 Å². The molecule has 0 bridgehead atoms. The first-order valence-corrected chi connectivity index (χ1v) is 9.04. The maximum atomic E-state index is 13.0. The summed E-state index contributed by atoms with van der Waals surface area (Å²) in [4.78, 5) is 21.6. The molecule has 0 aliphatic rings. The molecule has 1 N–H and O–H groups in total. The summed E-state index contributed by atoms with van der Waals surface area (Å²) in [6.45, 7) is -0.847. The van der Waals surface area contributed by atoms with Crippen molar-refractivity contribution < 1.29 is 31.3 Å². The summed E-state index contributed by atoms with van der Waals surface area (Å²) < 4.78 is 64.5. The van der Waals surface area contributed by atoms with E-state index in [1.807, 2.05) is 5.32 Å². The number of nitrogens with zero attached hydrogens (tertiary/aromatic N) is 2. The normalized spacial score (nSPS) is 12.0. The lowest BCUT2D eigenvalue weighted by Gasteiger charge is -2.18. The van der Waals surface area contributed by atoms with Gasteiger partial charge in [-0.3, -0.25) is 14.9 Å². The second kappa shape index (κ2) is 7.94. The number of alkyl halides is 3. The Hall–Kier alpha value is -2.99. The number of benzene rings is 2. The van der Waals surface area contributed by atoms with Gasteiger partial charge < -0.3 is 5.32 Å². The van der Waals surface area contributed by atoms with Crippen molar-refractivity contribution in [2.75, 3.05) is 18.9 Å². The van der Waals surface area contributed by atoms with Crippen molar-refractivity contribution >= 4 is 27.3 Å². The number of amides is 1. The molecule has 2 aromatic rings. The fourth-order valence-electron chi connectivity index (χ4n) is 2.31. The second-order valence-corrected chi connectivity index (χ2v) is 7.59. The molecule has 0 aliphatic carbocycles. The van der Waals surface area contributed by atoms with Gasteiger partial charge in [0.15, 0.2) is 4.90 Å². The van der Waals surface area contributed by atoms with Crippen LogP contribution in [0.3, 0.4) is 0 Å². The topological polar surface area (TPSA) is 110 Å². The summed E-state index contributed by atoms with van der Waals surface area (Å²) in [5.41, 5.74) is -2.30. The van der Waals surface area contributed by atoms with E-state index in [4.69, 9.17) is 0 Å². The summed E-state index contributed by atoms with van der Waals surface area (Å²) in [7, 11) is -3.44. The molecule has 0 fully saturated rings. The Bertz CT molecular complexity index is 1010. The lowest BCUT2D eigenvalue weighted by molar-refractivity contribution is -0.387. The zero-order chi connectivity index (χ0) is 21.1. The van der Waals surface area contributed by atoms with Crippen LogP contribution in [-0.2, 0) is 21.0 Å². The lowest BCUT2D eigenvalue weighted by Crippen LogP contribution is -2.35. The third kappa shape index (κ3) is 4.64. The molecule has 0 heterocycles. The Kier molecular flexibility index (Phi) is 6.04. The minimum atomic E-state index is -4.72. The first-order chi connectivity index (χ1) is 12.9. The van der Waals surface area contributed by atoms with E-state index < -0.39 is 55.4 Å². The van der Waals surface area contributed by atoms with E-state index in [1.54, 1.807) is 0 Å². The van der Waals surface area contributed by atoms with E-state index in [1.165, 1.54) is 18.2 Å². The molecule has 0 spiro atoms. The minimum absolute atomic E-state index is 0.515. The van der Waals surface area contributed by atoms with Crippen LogP contribution in [0.4, 0.5) is 24.5 Å². The number of sulfonamides is 1. The molecule has 12 heteroatoms. The number of hydrogen-bond donors (Lipinski definition) is 1. The van der Waals surface area contributed by atoms with E-state index in [0.717, 1.165) is 37.4 Å². The number of anilines is 1. The monoisotopic (exact) mass is 417 g/mol. The van der Waals surface area contributed by atoms with E-state index in [-0.39, 0.29) is 0 Å². The van der Waals surface area contributed by atoms with E-state index in [0.29, 0.717) is 4.31 Å². The first kappa shape index (κ1) is 21.3. The van der Waals surface area contributed by atoms with Crippen LogP contribution in [0, 0.1) is 10.1 Å². The summed E-state index contributed by atoms with van der Waals surface area (Å²) in [5, 5.41) is 13.0. The molecule has 0 unspecified atom stereocenters. The number of para-hydroxylation sites is 2. The number of nitro groups is 1. The predicted octanol–water partition coefficient (Wildman–Crippen LogP) is 2.87. The maximum Gasteiger partial charge on any atom is 0.418 e. The zero-order valence-corrected chi connectivity index (χ0v) is 15.1. The van der Waals surface area contributed by atoms with Gasteiger partial charge in [-0.1, -0.05) is 24.3 Å². The third-order valence-corrected chi connectivity index (χ3v) is 5.47. The Morgan fingerprint density at radius 2 is 1.71 bits per heavy atom. The Labute approximate surface area is 157 Å². The van der Waals surface area contributed by atoms with E-state index >= 15 is 0 Å². The highest BCUT2D eigenvalue weighted by Gasteiger charge is 2.34. The highest BCUT2D eigenvalue weighted by molar-refractivity contribution is 7.89. The Morgan fingerprint density at radius 3 is 2.32 bits per heavy atom. The van der Waals surface area contributed by atoms with Crippen LogP contribution in [0.15, 0.2) is 53.4 Å². The van der Waals surface area contributed by atoms with Crippen LogP contribution in [-0.4, -0.2) is 37.1 Å². The molecule has 0 aromatic heterocycles. The zero-order valence-electron chi connectivity index (χ0n) is 14.3. The summed E-state index contributed by atoms with van der Waals surface area (Å²) in [6.07, 6.45) is -4.72. The van der Waals surface area contributed by atoms with Crippen LogP contribution < -0.4 is 5.32 Å². The largest absolute Gasteiger partial charge is 0.418 e. The molecule has 1 amide bonds. The van der Waals surface area contributed by atoms with Gasteiger partial charge in [0.1, 0.15) is 0 Å². The number of carbonyl (C=O) groups excluding carboxylic acids is 1. The van der Waals surface area contributed by atoms with E-state index in [9.17, 15) is 36.5 Å². The van der Waals surface area contributed by atoms with Crippen LogP contribution in [0.25, 0.3) is 0 Å². The second-order valence-electron chi connectivity index (χ2n) is 5.58. The molecule has 8 nitrogen and oxygen atoms in total. The summed E-state index contributed by atoms with van der Waals surface area (Å²) in [5.74, 6) is -1.04. The highest BCUT2D eigenvalue weighted by Crippen LogP contribution is 2.34. The molecule has 0 saturated carbocycles. The number of nitro benzene ring substituents is 1. The standard InChI is InChI=1S/C16H14F3N3O5S/c1-21(28(26,27)14-9-5-4-8-13(14)22(24)25)10-15(23)20-12-7-3-2-6-11(12)16(17,18)19/h2-9H,10H2,1H3,(H,20,23). The summed E-state index contributed by atoms with van der Waals surface area (Å²) >= 11 is 0. The molecule has 0 aliphatic heterocycles. The fourth-order valence-corrected chi connectivity index (χ4v) is 3.59. The van der Waals surface area contributed by atoms with Crippen molar-refractivity contribution in [3.63, 3.8) is 0 Å². The molecule has 150 valence electrons. The quantitative estimate of drug-likeness (QED) is 0.574. The Balaban J connectivity index is 2.23. The molecule has 2 aromatic carbocycles. The van der Waals surface area contributed by atoms with Crippen molar-refractivity contribution in [2.45, 2.75) is 11.1 Å². The van der Waals surface area contributed by atoms with Crippen molar-refractivity contribution in [1.82, 2.24) is 4.31 Å². The smallest absolute Gasteiger partial charge is 0.324 e. The average molecular weight is 417 g/mol. The van der Waals surface area contributed by atoms with Gasteiger partial charge in [0.25, 0.3) is 5.69 Å². The predicted molar refractivity (Wildman–Crippen MR) is 93.0 cm³/mol. The van der Waals surface area contributed by atoms with Crippen LogP contribution in [0.1, 0.15) is 5.56 Å². The first-order valence-electron chi connectivity index (χ1n) is 7.60. The van der Waals surface area contributed by atoms with Gasteiger partial charge in [0.2, 0.25) is 15.9 Å². The van der Waals surface area contributed by atoms with E-state index in [2.05, 4.69) is 0 Å². The molecular formula is C16H14F3N3O5S. The molecule has 2 rings (SSSR count). The van der Waals surface area contributed by atoms with Crippen molar-refractivity contribution in [2.24, 2.45) is 0 Å². The van der Waals surface area contributed by atoms with Crippen LogP contribution in [0.5, 0.6) is 0 Å². The lowest BCUT2D eigenvalue weighted by atomic mass is 10.1. The fraction of sp³-hybridized carbons (Fsp3) is 0.188. The minimum Gasteiger partial charge on any atom is -0.324 e. The van der Waals surface area contributed by atoms with Gasteiger partial charge >= 0.3 is 6.18 Å². The molecule has 28 heavy (non-hydrogen) atoms. The van der Waals surface area contributed by atoms with Gasteiger partial charge in [0.05, 0.1) is 22.7 Å². The van der Waals surface area contributed by atoms with Gasteiger partial charge in [0, 0.05) is 13.1 Å². The van der Waals surface area contributed by atoms with Gasteiger partial charge in [-0.2, -0.15) is 17.5 Å². The number of likely N-dealkylation sites (N-methyl/N-ethyl adjacent to an activating group) is 1. The molecule has 0 atom stereocenters. The number of carbonyl (C=O) groups is 1. The molecule has 0 saturated heterocycles. The molecular weight excluding hydrogens is 403 g/mol. The third-order valence-electron chi connectivity index (χ3n) is 3.62. The van der Waals surface area contributed by atoms with Crippen molar-refractivity contribution in [1.29, 1.82) is 0 Å². The molecule has 0 radical (unpaired) electrons. The van der Waals surface area contributed by atoms with Crippen LogP contribution >= 0.6 is 0 Å². The van der Waals surface area contributed by atoms with Gasteiger partial charge in [-0.15, -0.1) is 0 Å². The number of nitrogens with one attached hydrogen (secondary N) is 1. The number of hydrogen-bond acceptors (Lipinski definition) is 5. The summed E-state index contributed by atoms with van der Waals surface area (Å²) in [6, 6.07) is 8.75. The van der Waals surface area contributed by atoms with Gasteiger partial charge in [-0.25, -0.2) is 8.42 Å². The van der Waals surface area contributed by atoms with Crippen LogP contribution in [0.2, 0.25) is 0 Å². The van der Waals surface area contributed by atoms with Crippen molar-refractivity contribution in [3.8, 4) is 0 Å². The maximum absolute atomic E-state index is 13.0. The Morgan fingerprint density at radius 1 is 1.14 bits per heavy atom. The highest BCUT2D eigenvalue weighted by atomic mass is 32.2. The average Bonchev–Trinajstić information content (AvgIpc) is 2.61. The number of rotatable bonds is 6. The number of halogens is 3. The SMILES string of the molecule is CN(CC(=O)Nc1ccccc1C(F)(F)F)S(=O)(=O)c1ccccc1[N+](=O)[O-].